The summed E-state index contributed by atoms with van der Waals surface area (Å²) in [6.07, 6.45) is 9.68. The third kappa shape index (κ3) is 5.08. The molecule has 2 heterocycles. The van der Waals surface area contributed by atoms with E-state index < -0.39 is 0 Å². The molecule has 1 aromatic rings. The fourth-order valence-electron chi connectivity index (χ4n) is 3.17. The highest BCUT2D eigenvalue weighted by Crippen LogP contribution is 2.24. The highest BCUT2D eigenvalue weighted by atomic mass is 16.5. The molecule has 0 spiro atoms. The van der Waals surface area contributed by atoms with Crippen LogP contribution >= 0.6 is 0 Å². The number of hydrogen-bond donors (Lipinski definition) is 1. The number of nitrogens with zero attached hydrogens (tertiary/aromatic N) is 1. The number of ether oxygens (including phenoxy) is 1. The van der Waals surface area contributed by atoms with E-state index in [2.05, 4.69) is 37.1 Å². The predicted octanol–water partition coefficient (Wildman–Crippen LogP) is 4.09. The van der Waals surface area contributed by atoms with Gasteiger partial charge in [-0.15, -0.1) is 0 Å². The highest BCUT2D eigenvalue weighted by molar-refractivity contribution is 5.25. The van der Waals surface area contributed by atoms with Crippen LogP contribution < -0.4 is 5.32 Å². The van der Waals surface area contributed by atoms with Crippen molar-refractivity contribution in [2.24, 2.45) is 0 Å². The van der Waals surface area contributed by atoms with E-state index in [-0.39, 0.29) is 0 Å². The van der Waals surface area contributed by atoms with E-state index in [1.807, 2.05) is 6.20 Å². The Morgan fingerprint density at radius 2 is 2.29 bits per heavy atom. The summed E-state index contributed by atoms with van der Waals surface area (Å²) < 4.78 is 5.73. The number of rotatable bonds is 8. The lowest BCUT2D eigenvalue weighted by molar-refractivity contribution is 0.101. The van der Waals surface area contributed by atoms with Crippen molar-refractivity contribution in [1.82, 2.24) is 10.3 Å². The van der Waals surface area contributed by atoms with E-state index in [1.54, 1.807) is 0 Å². The fraction of sp³-hybridized carbons (Fsp3) is 0.722. The van der Waals surface area contributed by atoms with Gasteiger partial charge in [-0.2, -0.15) is 0 Å². The van der Waals surface area contributed by atoms with Crippen molar-refractivity contribution in [2.75, 3.05) is 13.2 Å². The van der Waals surface area contributed by atoms with Gasteiger partial charge in [-0.25, -0.2) is 0 Å². The van der Waals surface area contributed by atoms with Crippen molar-refractivity contribution >= 4 is 0 Å². The molecule has 1 aliphatic heterocycles. The van der Waals surface area contributed by atoms with Gasteiger partial charge in [0, 0.05) is 18.8 Å². The molecule has 0 aromatic carbocycles. The van der Waals surface area contributed by atoms with E-state index >= 15 is 0 Å². The van der Waals surface area contributed by atoms with E-state index in [0.29, 0.717) is 12.1 Å². The van der Waals surface area contributed by atoms with Crippen molar-refractivity contribution in [3.63, 3.8) is 0 Å². The lowest BCUT2D eigenvalue weighted by Gasteiger charge is -2.21. The molecule has 3 heteroatoms. The van der Waals surface area contributed by atoms with Crippen molar-refractivity contribution < 1.29 is 4.74 Å². The van der Waals surface area contributed by atoms with Gasteiger partial charge in [0.05, 0.1) is 11.8 Å². The molecule has 0 amide bonds. The molecule has 1 fully saturated rings. The van der Waals surface area contributed by atoms with Crippen LogP contribution in [0, 0.1) is 13.8 Å². The Balaban J connectivity index is 1.92. The second-order valence-electron chi connectivity index (χ2n) is 6.29. The number of pyridine rings is 1. The average Bonchev–Trinajstić information content (AvgIpc) is 2.96. The van der Waals surface area contributed by atoms with Crippen LogP contribution in [0.15, 0.2) is 12.3 Å². The van der Waals surface area contributed by atoms with Gasteiger partial charge in [0.2, 0.25) is 0 Å². The van der Waals surface area contributed by atoms with E-state index in [0.717, 1.165) is 26.0 Å². The molecule has 2 atom stereocenters. The second kappa shape index (κ2) is 8.50. The molecule has 0 radical (unpaired) electrons. The van der Waals surface area contributed by atoms with Crippen LogP contribution in [0.2, 0.25) is 0 Å². The minimum Gasteiger partial charge on any atom is -0.378 e. The number of aromatic nitrogens is 1. The molecule has 2 rings (SSSR count). The first-order chi connectivity index (χ1) is 10.2. The fourth-order valence-corrected chi connectivity index (χ4v) is 3.17. The minimum atomic E-state index is 0.381. The SMILES string of the molecule is CCCNC(CCCC1CCCO1)c1ncc(C)cc1C. The van der Waals surface area contributed by atoms with Crippen LogP contribution in [-0.4, -0.2) is 24.2 Å². The molecule has 21 heavy (non-hydrogen) atoms. The normalized spacial score (nSPS) is 19.9. The summed E-state index contributed by atoms with van der Waals surface area (Å²) in [5.74, 6) is 0. The van der Waals surface area contributed by atoms with Crippen molar-refractivity contribution in [1.29, 1.82) is 0 Å². The molecule has 1 aliphatic rings. The Bertz CT molecular complexity index is 427. The molecule has 1 saturated heterocycles. The van der Waals surface area contributed by atoms with Crippen molar-refractivity contribution in [3.8, 4) is 0 Å². The largest absolute Gasteiger partial charge is 0.378 e. The Morgan fingerprint density at radius 1 is 1.43 bits per heavy atom. The minimum absolute atomic E-state index is 0.381. The van der Waals surface area contributed by atoms with Gasteiger partial charge in [-0.3, -0.25) is 4.98 Å². The summed E-state index contributed by atoms with van der Waals surface area (Å²) in [7, 11) is 0. The first kappa shape index (κ1) is 16.4. The van der Waals surface area contributed by atoms with Crippen LogP contribution in [0.1, 0.15) is 68.3 Å². The Morgan fingerprint density at radius 3 is 2.95 bits per heavy atom. The summed E-state index contributed by atoms with van der Waals surface area (Å²) >= 11 is 0. The van der Waals surface area contributed by atoms with Crippen molar-refractivity contribution in [2.45, 2.75) is 71.4 Å². The monoisotopic (exact) mass is 290 g/mol. The van der Waals surface area contributed by atoms with E-state index in [9.17, 15) is 0 Å². The van der Waals surface area contributed by atoms with Crippen LogP contribution in [0.5, 0.6) is 0 Å². The van der Waals surface area contributed by atoms with Crippen LogP contribution in [-0.2, 0) is 4.74 Å². The zero-order chi connectivity index (χ0) is 15.1. The van der Waals surface area contributed by atoms with Gasteiger partial charge >= 0.3 is 0 Å². The zero-order valence-electron chi connectivity index (χ0n) is 13.8. The summed E-state index contributed by atoms with van der Waals surface area (Å²) in [6, 6.07) is 2.62. The van der Waals surface area contributed by atoms with Gasteiger partial charge in [-0.05, 0) is 70.0 Å². The highest BCUT2D eigenvalue weighted by Gasteiger charge is 2.18. The van der Waals surface area contributed by atoms with Crippen LogP contribution in [0.4, 0.5) is 0 Å². The summed E-state index contributed by atoms with van der Waals surface area (Å²) in [5.41, 5.74) is 3.77. The average molecular weight is 290 g/mol. The molecule has 3 nitrogen and oxygen atoms in total. The summed E-state index contributed by atoms with van der Waals surface area (Å²) in [4.78, 5) is 4.69. The summed E-state index contributed by atoms with van der Waals surface area (Å²) in [6.45, 7) is 8.51. The topological polar surface area (TPSA) is 34.1 Å². The maximum absolute atomic E-state index is 5.73. The quantitative estimate of drug-likeness (QED) is 0.783. The Labute approximate surface area is 129 Å². The maximum Gasteiger partial charge on any atom is 0.0602 e. The zero-order valence-corrected chi connectivity index (χ0v) is 13.8. The molecule has 118 valence electrons. The van der Waals surface area contributed by atoms with E-state index in [4.69, 9.17) is 4.74 Å². The Hall–Kier alpha value is -0.930. The first-order valence-corrected chi connectivity index (χ1v) is 8.48. The molecule has 1 aromatic heterocycles. The molecular formula is C18H30N2O. The van der Waals surface area contributed by atoms with E-state index in [1.165, 1.54) is 42.5 Å². The number of hydrogen-bond acceptors (Lipinski definition) is 3. The smallest absolute Gasteiger partial charge is 0.0602 e. The molecule has 0 saturated carbocycles. The molecule has 1 N–H and O–H groups in total. The maximum atomic E-state index is 5.73. The molecule has 2 unspecified atom stereocenters. The van der Waals surface area contributed by atoms with Crippen LogP contribution in [0.25, 0.3) is 0 Å². The summed E-state index contributed by atoms with van der Waals surface area (Å²) in [5, 5.41) is 3.67. The van der Waals surface area contributed by atoms with Gasteiger partial charge in [0.15, 0.2) is 0 Å². The third-order valence-corrected chi connectivity index (χ3v) is 4.27. The van der Waals surface area contributed by atoms with Crippen LogP contribution in [0.3, 0.4) is 0 Å². The lowest BCUT2D eigenvalue weighted by atomic mass is 9.99. The number of nitrogens with one attached hydrogen (secondary N) is 1. The second-order valence-corrected chi connectivity index (χ2v) is 6.29. The third-order valence-electron chi connectivity index (χ3n) is 4.27. The molecular weight excluding hydrogens is 260 g/mol. The number of aryl methyl sites for hydroxylation is 2. The first-order valence-electron chi connectivity index (χ1n) is 8.48. The van der Waals surface area contributed by atoms with Gasteiger partial charge < -0.3 is 10.1 Å². The van der Waals surface area contributed by atoms with Crippen molar-refractivity contribution in [3.05, 3.63) is 29.1 Å². The standard InChI is InChI=1S/C18H30N2O/c1-4-10-19-17(9-5-7-16-8-6-11-21-16)18-15(3)12-14(2)13-20-18/h12-13,16-17,19H,4-11H2,1-3H3. The molecule has 0 bridgehead atoms. The predicted molar refractivity (Wildman–Crippen MR) is 87.6 cm³/mol. The lowest BCUT2D eigenvalue weighted by Crippen LogP contribution is -2.24. The van der Waals surface area contributed by atoms with Gasteiger partial charge in [-0.1, -0.05) is 13.0 Å². The molecule has 0 aliphatic carbocycles. The van der Waals surface area contributed by atoms with Gasteiger partial charge in [0.1, 0.15) is 0 Å². The Kier molecular flexibility index (Phi) is 6.65. The van der Waals surface area contributed by atoms with Gasteiger partial charge in [0.25, 0.3) is 0 Å².